The molecule has 1 fully saturated rings. The Hall–Kier alpha value is -2.68. The fraction of sp³-hybridized carbons (Fsp3) is 0.412. The summed E-state index contributed by atoms with van der Waals surface area (Å²) in [5.41, 5.74) is 1.51. The third-order valence-corrected chi connectivity index (χ3v) is 4.19. The zero-order chi connectivity index (χ0) is 16.1. The summed E-state index contributed by atoms with van der Waals surface area (Å²) in [7, 11) is 0. The van der Waals surface area contributed by atoms with Crippen LogP contribution in [-0.2, 0) is 0 Å². The van der Waals surface area contributed by atoms with Gasteiger partial charge in [0.05, 0.1) is 17.8 Å². The predicted molar refractivity (Wildman–Crippen MR) is 89.5 cm³/mol. The Kier molecular flexibility index (Phi) is 4.67. The number of anilines is 3. The van der Waals surface area contributed by atoms with E-state index in [1.807, 2.05) is 12.1 Å². The van der Waals surface area contributed by atoms with Crippen LogP contribution in [0, 0.1) is 11.3 Å². The summed E-state index contributed by atoms with van der Waals surface area (Å²) in [5.74, 6) is 1.36. The molecule has 1 aromatic carbocycles. The van der Waals surface area contributed by atoms with Crippen molar-refractivity contribution in [3.05, 3.63) is 36.0 Å². The molecule has 1 saturated heterocycles. The molecule has 6 heteroatoms. The highest BCUT2D eigenvalue weighted by atomic mass is 15.3. The lowest BCUT2D eigenvalue weighted by molar-refractivity contribution is 0.442. The first-order valence-corrected chi connectivity index (χ1v) is 8.03. The van der Waals surface area contributed by atoms with Crippen LogP contribution < -0.4 is 10.2 Å². The Bertz CT molecular complexity index is 691. The maximum absolute atomic E-state index is 8.84. The minimum absolute atomic E-state index is 0.496. The fourth-order valence-electron chi connectivity index (χ4n) is 2.94. The number of benzene rings is 1. The molecule has 3 rings (SSSR count). The van der Waals surface area contributed by atoms with Gasteiger partial charge in [-0.3, -0.25) is 0 Å². The van der Waals surface area contributed by atoms with Crippen molar-refractivity contribution in [2.75, 3.05) is 16.8 Å². The van der Waals surface area contributed by atoms with Gasteiger partial charge in [-0.25, -0.2) is 0 Å². The summed E-state index contributed by atoms with van der Waals surface area (Å²) in [6.07, 6.45) is 6.34. The number of aromatic nitrogens is 3. The van der Waals surface area contributed by atoms with Crippen molar-refractivity contribution in [1.29, 1.82) is 5.26 Å². The van der Waals surface area contributed by atoms with Crippen molar-refractivity contribution < 1.29 is 0 Å². The van der Waals surface area contributed by atoms with E-state index >= 15 is 0 Å². The molecule has 23 heavy (non-hydrogen) atoms. The van der Waals surface area contributed by atoms with E-state index in [0.29, 0.717) is 23.4 Å². The van der Waals surface area contributed by atoms with Crippen molar-refractivity contribution in [3.63, 3.8) is 0 Å². The largest absolute Gasteiger partial charge is 0.339 e. The standard InChI is InChI=1S/C17H20N6/c1-2-15-5-3-4-10-23(15)17-21-16(12-19-22-17)20-14-8-6-13(11-18)7-9-14/h6-9,12,15H,2-5,10H2,1H3,(H,20,21,22). The topological polar surface area (TPSA) is 77.7 Å². The SMILES string of the molecule is CCC1CCCCN1c1nncc(Nc2ccc(C#N)cc2)n1. The van der Waals surface area contributed by atoms with Crippen molar-refractivity contribution >= 4 is 17.5 Å². The summed E-state index contributed by atoms with van der Waals surface area (Å²) < 4.78 is 0. The zero-order valence-electron chi connectivity index (χ0n) is 13.2. The van der Waals surface area contributed by atoms with Crippen LogP contribution in [-0.4, -0.2) is 27.8 Å². The molecule has 1 aliphatic rings. The Balaban J connectivity index is 1.77. The third kappa shape index (κ3) is 3.57. The molecule has 6 nitrogen and oxygen atoms in total. The van der Waals surface area contributed by atoms with Crippen LogP contribution in [0.2, 0.25) is 0 Å². The molecule has 1 aromatic heterocycles. The first-order valence-electron chi connectivity index (χ1n) is 8.03. The van der Waals surface area contributed by atoms with Crippen molar-refractivity contribution in [2.45, 2.75) is 38.6 Å². The van der Waals surface area contributed by atoms with E-state index in [4.69, 9.17) is 5.26 Å². The lowest BCUT2D eigenvalue weighted by atomic mass is 10.0. The van der Waals surface area contributed by atoms with Gasteiger partial charge < -0.3 is 10.2 Å². The van der Waals surface area contributed by atoms with Gasteiger partial charge in [0.1, 0.15) is 0 Å². The second-order valence-corrected chi connectivity index (χ2v) is 5.71. The van der Waals surface area contributed by atoms with Gasteiger partial charge in [0.25, 0.3) is 0 Å². The Labute approximate surface area is 136 Å². The summed E-state index contributed by atoms with van der Waals surface area (Å²) in [6.45, 7) is 3.19. The van der Waals surface area contributed by atoms with Gasteiger partial charge in [-0.15, -0.1) is 5.10 Å². The lowest BCUT2D eigenvalue weighted by Crippen LogP contribution is -2.40. The van der Waals surface area contributed by atoms with Gasteiger partial charge in [-0.2, -0.15) is 15.3 Å². The maximum atomic E-state index is 8.84. The van der Waals surface area contributed by atoms with Gasteiger partial charge in [-0.1, -0.05) is 6.92 Å². The van der Waals surface area contributed by atoms with E-state index < -0.39 is 0 Å². The Morgan fingerprint density at radius 2 is 2.13 bits per heavy atom. The molecule has 1 N–H and O–H groups in total. The average Bonchev–Trinajstić information content (AvgIpc) is 2.62. The quantitative estimate of drug-likeness (QED) is 0.934. The maximum Gasteiger partial charge on any atom is 0.247 e. The smallest absolute Gasteiger partial charge is 0.247 e. The summed E-state index contributed by atoms with van der Waals surface area (Å²) in [4.78, 5) is 6.87. The Morgan fingerprint density at radius 1 is 1.30 bits per heavy atom. The van der Waals surface area contributed by atoms with Crippen LogP contribution in [0.5, 0.6) is 0 Å². The van der Waals surface area contributed by atoms with E-state index in [9.17, 15) is 0 Å². The third-order valence-electron chi connectivity index (χ3n) is 4.19. The van der Waals surface area contributed by atoms with Gasteiger partial charge in [0.2, 0.25) is 5.95 Å². The highest BCUT2D eigenvalue weighted by Crippen LogP contribution is 2.24. The van der Waals surface area contributed by atoms with Crippen LogP contribution in [0.15, 0.2) is 30.5 Å². The van der Waals surface area contributed by atoms with Crippen LogP contribution in [0.1, 0.15) is 38.2 Å². The number of nitrogens with one attached hydrogen (secondary N) is 1. The van der Waals surface area contributed by atoms with Gasteiger partial charge >= 0.3 is 0 Å². The molecule has 1 unspecified atom stereocenters. The number of nitriles is 1. The molecule has 0 aliphatic carbocycles. The first kappa shape index (κ1) is 15.2. The molecule has 0 amide bonds. The zero-order valence-corrected chi connectivity index (χ0v) is 13.2. The molecule has 0 radical (unpaired) electrons. The van der Waals surface area contributed by atoms with E-state index in [1.54, 1.807) is 18.3 Å². The molecule has 1 atom stereocenters. The number of hydrogen-bond donors (Lipinski definition) is 1. The molecule has 1 aliphatic heterocycles. The Morgan fingerprint density at radius 3 is 2.87 bits per heavy atom. The molecule has 0 saturated carbocycles. The van der Waals surface area contributed by atoms with Crippen LogP contribution >= 0.6 is 0 Å². The minimum atomic E-state index is 0.496. The number of rotatable bonds is 4. The van der Waals surface area contributed by atoms with Crippen LogP contribution in [0.3, 0.4) is 0 Å². The van der Waals surface area contributed by atoms with Crippen LogP contribution in [0.4, 0.5) is 17.5 Å². The highest BCUT2D eigenvalue weighted by Gasteiger charge is 2.23. The predicted octanol–water partition coefficient (Wildman–Crippen LogP) is 3.26. The number of nitrogens with zero attached hydrogens (tertiary/aromatic N) is 5. The number of hydrogen-bond acceptors (Lipinski definition) is 6. The molecular weight excluding hydrogens is 288 g/mol. The minimum Gasteiger partial charge on any atom is -0.339 e. The van der Waals surface area contributed by atoms with Gasteiger partial charge in [0, 0.05) is 18.3 Å². The van der Waals surface area contributed by atoms with Crippen molar-refractivity contribution in [1.82, 2.24) is 15.2 Å². The highest BCUT2D eigenvalue weighted by molar-refractivity contribution is 5.57. The number of piperidine rings is 1. The van der Waals surface area contributed by atoms with E-state index in [0.717, 1.165) is 18.7 Å². The van der Waals surface area contributed by atoms with Gasteiger partial charge in [0.15, 0.2) is 5.82 Å². The molecule has 2 heterocycles. The summed E-state index contributed by atoms with van der Waals surface area (Å²) >= 11 is 0. The van der Waals surface area contributed by atoms with E-state index in [1.165, 1.54) is 19.3 Å². The second-order valence-electron chi connectivity index (χ2n) is 5.71. The molecule has 0 spiro atoms. The van der Waals surface area contributed by atoms with Gasteiger partial charge in [-0.05, 0) is 49.9 Å². The van der Waals surface area contributed by atoms with E-state index in [2.05, 4.69) is 38.4 Å². The van der Waals surface area contributed by atoms with E-state index in [-0.39, 0.29) is 0 Å². The molecular formula is C17H20N6. The molecule has 0 bridgehead atoms. The average molecular weight is 308 g/mol. The first-order chi connectivity index (χ1) is 11.3. The second kappa shape index (κ2) is 7.05. The lowest BCUT2D eigenvalue weighted by Gasteiger charge is -2.34. The van der Waals surface area contributed by atoms with Crippen molar-refractivity contribution in [3.8, 4) is 6.07 Å². The van der Waals surface area contributed by atoms with Crippen molar-refractivity contribution in [2.24, 2.45) is 0 Å². The summed E-state index contributed by atoms with van der Waals surface area (Å²) in [5, 5.41) is 20.4. The molecule has 2 aromatic rings. The normalized spacial score (nSPS) is 17.6. The van der Waals surface area contributed by atoms with Crippen LogP contribution in [0.25, 0.3) is 0 Å². The molecule has 118 valence electrons. The fourth-order valence-corrected chi connectivity index (χ4v) is 2.94. The monoisotopic (exact) mass is 308 g/mol. The summed E-state index contributed by atoms with van der Waals surface area (Å²) in [6, 6.07) is 9.87.